The van der Waals surface area contributed by atoms with Gasteiger partial charge in [0.05, 0.1) is 18.1 Å². The summed E-state index contributed by atoms with van der Waals surface area (Å²) in [5, 5.41) is 6.82. The Labute approximate surface area is 193 Å². The summed E-state index contributed by atoms with van der Waals surface area (Å²) >= 11 is 1.55. The highest BCUT2D eigenvalue weighted by atomic mass is 32.2. The molecule has 2 aromatic rings. The molecule has 1 saturated heterocycles. The van der Waals surface area contributed by atoms with E-state index in [2.05, 4.69) is 34.9 Å². The van der Waals surface area contributed by atoms with Crippen LogP contribution in [0.25, 0.3) is 0 Å². The van der Waals surface area contributed by atoms with E-state index >= 15 is 0 Å². The number of ether oxygens (including phenoxy) is 2. The third-order valence-electron chi connectivity index (χ3n) is 4.96. The van der Waals surface area contributed by atoms with Gasteiger partial charge in [-0.2, -0.15) is 5.10 Å². The number of rotatable bonds is 11. The molecule has 2 amide bonds. The first-order chi connectivity index (χ1) is 15.6. The van der Waals surface area contributed by atoms with Gasteiger partial charge in [0.15, 0.2) is 6.61 Å². The standard InChI is InChI=1S/C24H29N3O4S/c1-18-5-2-3-6-20(18)16-32-17-24(29)27-26-13-19-8-10-21(11-9-19)31-15-23(28)25-14-22-7-4-12-30-22/h2-3,5-6,8-11,13,22H,4,7,12,14-17H2,1H3,(H,25,28)(H,27,29)/b26-13-/t22-/m0/s1. The zero-order chi connectivity index (χ0) is 22.6. The number of hydrazone groups is 1. The third kappa shape index (κ3) is 8.36. The van der Waals surface area contributed by atoms with Gasteiger partial charge in [-0.25, -0.2) is 5.43 Å². The maximum atomic E-state index is 11.9. The predicted molar refractivity (Wildman–Crippen MR) is 127 cm³/mol. The Bertz CT molecular complexity index is 912. The lowest BCUT2D eigenvalue weighted by Gasteiger charge is -2.11. The van der Waals surface area contributed by atoms with Crippen LogP contribution in [0.5, 0.6) is 5.75 Å². The minimum atomic E-state index is -0.172. The normalized spacial score (nSPS) is 15.6. The topological polar surface area (TPSA) is 89.0 Å². The molecule has 3 rings (SSSR count). The van der Waals surface area contributed by atoms with Crippen molar-refractivity contribution in [3.63, 3.8) is 0 Å². The van der Waals surface area contributed by atoms with Crippen LogP contribution in [0.15, 0.2) is 53.6 Å². The first-order valence-corrected chi connectivity index (χ1v) is 11.8. The molecule has 2 N–H and O–H groups in total. The lowest BCUT2D eigenvalue weighted by Crippen LogP contribution is -2.35. The molecule has 2 aromatic carbocycles. The van der Waals surface area contributed by atoms with Gasteiger partial charge in [0, 0.05) is 18.9 Å². The number of hydrogen-bond acceptors (Lipinski definition) is 6. The zero-order valence-corrected chi connectivity index (χ0v) is 19.0. The van der Waals surface area contributed by atoms with Gasteiger partial charge in [0.25, 0.3) is 5.91 Å². The molecule has 1 heterocycles. The van der Waals surface area contributed by atoms with Crippen LogP contribution in [-0.2, 0) is 20.1 Å². The molecule has 1 fully saturated rings. The smallest absolute Gasteiger partial charge is 0.258 e. The van der Waals surface area contributed by atoms with Gasteiger partial charge in [-0.1, -0.05) is 24.3 Å². The molecule has 0 radical (unpaired) electrons. The van der Waals surface area contributed by atoms with Crippen molar-refractivity contribution in [3.8, 4) is 5.75 Å². The number of amides is 2. The highest BCUT2D eigenvalue weighted by Gasteiger charge is 2.16. The Morgan fingerprint density at radius 1 is 1.19 bits per heavy atom. The predicted octanol–water partition coefficient (Wildman–Crippen LogP) is 3.05. The van der Waals surface area contributed by atoms with Crippen LogP contribution in [-0.4, -0.2) is 49.6 Å². The summed E-state index contributed by atoms with van der Waals surface area (Å²) in [5.74, 6) is 1.40. The zero-order valence-electron chi connectivity index (χ0n) is 18.2. The Balaban J connectivity index is 1.31. The van der Waals surface area contributed by atoms with Crippen molar-refractivity contribution in [1.29, 1.82) is 0 Å². The number of nitrogens with one attached hydrogen (secondary N) is 2. The average molecular weight is 456 g/mol. The SMILES string of the molecule is Cc1ccccc1CSCC(=O)N/N=C\c1ccc(OCC(=O)NC[C@@H]2CCCO2)cc1. The second kappa shape index (κ2) is 12.9. The van der Waals surface area contributed by atoms with Crippen molar-refractivity contribution in [2.75, 3.05) is 25.5 Å². The van der Waals surface area contributed by atoms with Crippen molar-refractivity contribution in [3.05, 3.63) is 65.2 Å². The second-order valence-electron chi connectivity index (χ2n) is 7.51. The number of hydrogen-bond donors (Lipinski definition) is 2. The molecule has 0 unspecified atom stereocenters. The molecular formula is C24H29N3O4S. The summed E-state index contributed by atoms with van der Waals surface area (Å²) < 4.78 is 11.0. The molecule has 0 aliphatic carbocycles. The number of nitrogens with zero attached hydrogens (tertiary/aromatic N) is 1. The summed E-state index contributed by atoms with van der Waals surface area (Å²) in [6.45, 7) is 3.31. The van der Waals surface area contributed by atoms with Crippen LogP contribution in [0.1, 0.15) is 29.5 Å². The van der Waals surface area contributed by atoms with Gasteiger partial charge in [0.2, 0.25) is 5.91 Å². The Hall–Kier alpha value is -2.84. The van der Waals surface area contributed by atoms with Crippen molar-refractivity contribution in [1.82, 2.24) is 10.7 Å². The lowest BCUT2D eigenvalue weighted by atomic mass is 10.1. The van der Waals surface area contributed by atoms with Gasteiger partial charge in [-0.3, -0.25) is 9.59 Å². The number of carbonyl (C=O) groups is 2. The second-order valence-corrected chi connectivity index (χ2v) is 8.49. The van der Waals surface area contributed by atoms with E-state index in [-0.39, 0.29) is 24.5 Å². The Kier molecular flexibility index (Phi) is 9.59. The van der Waals surface area contributed by atoms with E-state index in [0.29, 0.717) is 18.0 Å². The van der Waals surface area contributed by atoms with Crippen LogP contribution in [0.2, 0.25) is 0 Å². The van der Waals surface area contributed by atoms with E-state index in [0.717, 1.165) is 30.8 Å². The summed E-state index contributed by atoms with van der Waals surface area (Å²) in [4.78, 5) is 23.8. The molecule has 32 heavy (non-hydrogen) atoms. The quantitative estimate of drug-likeness (QED) is 0.402. The molecule has 0 saturated carbocycles. The van der Waals surface area contributed by atoms with Gasteiger partial charge in [0.1, 0.15) is 5.75 Å². The van der Waals surface area contributed by atoms with Gasteiger partial charge < -0.3 is 14.8 Å². The minimum Gasteiger partial charge on any atom is -0.484 e. The van der Waals surface area contributed by atoms with E-state index in [1.807, 2.05) is 24.3 Å². The van der Waals surface area contributed by atoms with Crippen LogP contribution in [0.4, 0.5) is 0 Å². The van der Waals surface area contributed by atoms with Gasteiger partial charge in [-0.05, 0) is 60.7 Å². The van der Waals surface area contributed by atoms with Crippen molar-refractivity contribution >= 4 is 29.8 Å². The number of benzene rings is 2. The molecular weight excluding hydrogens is 426 g/mol. The fourth-order valence-electron chi connectivity index (χ4n) is 3.12. The maximum Gasteiger partial charge on any atom is 0.258 e. The Morgan fingerprint density at radius 2 is 2.00 bits per heavy atom. The van der Waals surface area contributed by atoms with Crippen LogP contribution < -0.4 is 15.5 Å². The third-order valence-corrected chi connectivity index (χ3v) is 5.94. The van der Waals surface area contributed by atoms with Gasteiger partial charge >= 0.3 is 0 Å². The molecule has 1 atom stereocenters. The van der Waals surface area contributed by atoms with Crippen LogP contribution >= 0.6 is 11.8 Å². The fourth-order valence-corrected chi connectivity index (χ4v) is 4.02. The van der Waals surface area contributed by atoms with Crippen LogP contribution in [0, 0.1) is 6.92 Å². The average Bonchev–Trinajstić information content (AvgIpc) is 3.32. The summed E-state index contributed by atoms with van der Waals surface area (Å²) in [6.07, 6.45) is 3.71. The first kappa shape index (κ1) is 23.8. The van der Waals surface area contributed by atoms with Gasteiger partial charge in [-0.15, -0.1) is 11.8 Å². The molecule has 1 aliphatic heterocycles. The summed E-state index contributed by atoms with van der Waals surface area (Å²) in [7, 11) is 0. The van der Waals surface area contributed by atoms with E-state index in [1.165, 1.54) is 11.1 Å². The summed E-state index contributed by atoms with van der Waals surface area (Å²) in [5.41, 5.74) is 5.81. The fraction of sp³-hybridized carbons (Fsp3) is 0.375. The number of thioether (sulfide) groups is 1. The van der Waals surface area contributed by atoms with Crippen molar-refractivity contribution in [2.24, 2.45) is 5.10 Å². The molecule has 0 aromatic heterocycles. The minimum absolute atomic E-state index is 0.0453. The van der Waals surface area contributed by atoms with Crippen molar-refractivity contribution < 1.29 is 19.1 Å². The summed E-state index contributed by atoms with van der Waals surface area (Å²) in [6, 6.07) is 15.3. The molecule has 0 bridgehead atoms. The molecule has 8 heteroatoms. The highest BCUT2D eigenvalue weighted by Crippen LogP contribution is 2.15. The van der Waals surface area contributed by atoms with E-state index in [1.54, 1.807) is 30.1 Å². The van der Waals surface area contributed by atoms with Crippen molar-refractivity contribution in [2.45, 2.75) is 31.6 Å². The van der Waals surface area contributed by atoms with E-state index in [9.17, 15) is 9.59 Å². The number of carbonyl (C=O) groups excluding carboxylic acids is 2. The van der Waals surface area contributed by atoms with E-state index < -0.39 is 0 Å². The van der Waals surface area contributed by atoms with E-state index in [4.69, 9.17) is 9.47 Å². The Morgan fingerprint density at radius 3 is 2.75 bits per heavy atom. The number of aryl methyl sites for hydroxylation is 1. The monoisotopic (exact) mass is 455 g/mol. The highest BCUT2D eigenvalue weighted by molar-refractivity contribution is 7.99. The largest absolute Gasteiger partial charge is 0.484 e. The molecule has 7 nitrogen and oxygen atoms in total. The lowest BCUT2D eigenvalue weighted by molar-refractivity contribution is -0.123. The molecule has 170 valence electrons. The maximum absolute atomic E-state index is 11.9. The first-order valence-electron chi connectivity index (χ1n) is 10.7. The molecule has 1 aliphatic rings. The molecule has 0 spiro atoms. The van der Waals surface area contributed by atoms with Crippen LogP contribution in [0.3, 0.4) is 0 Å².